The Morgan fingerprint density at radius 1 is 0.971 bits per heavy atom. The van der Waals surface area contributed by atoms with Crippen LogP contribution in [-0.2, 0) is 11.2 Å². The second-order valence-corrected chi connectivity index (χ2v) is 8.57. The highest BCUT2D eigenvalue weighted by molar-refractivity contribution is 5.79. The Hall–Kier alpha value is -4.19. The van der Waals surface area contributed by atoms with E-state index in [1.807, 2.05) is 71.6 Å². The number of nitrogens with zero attached hydrogens (tertiary/aromatic N) is 3. The fourth-order valence-electron chi connectivity index (χ4n) is 4.52. The van der Waals surface area contributed by atoms with Gasteiger partial charge in [-0.3, -0.25) is 14.2 Å². The summed E-state index contributed by atoms with van der Waals surface area (Å²) < 4.78 is 6.92. The van der Waals surface area contributed by atoms with Gasteiger partial charge in [-0.15, -0.1) is 0 Å². The van der Waals surface area contributed by atoms with Crippen LogP contribution in [0.3, 0.4) is 0 Å². The Labute approximate surface area is 204 Å². The largest absolute Gasteiger partial charge is 0.497 e. The molecule has 1 aromatic heterocycles. The van der Waals surface area contributed by atoms with E-state index in [9.17, 15) is 9.59 Å². The van der Waals surface area contributed by atoms with Gasteiger partial charge in [-0.1, -0.05) is 48.5 Å². The molecule has 0 fully saturated rings. The number of methoxy groups -OCH3 is 1. The predicted octanol–water partition coefficient (Wildman–Crippen LogP) is 4.64. The Bertz CT molecular complexity index is 1440. The molecule has 3 aromatic carbocycles. The van der Waals surface area contributed by atoms with Crippen LogP contribution < -0.4 is 10.3 Å². The molecule has 0 N–H and O–H groups in total. The maximum Gasteiger partial charge on any atom is 0.277 e. The number of carbonyl (C=O) groups is 1. The number of carbonyl (C=O) groups excluding carboxylic acids is 1. The molecule has 0 spiro atoms. The molecule has 6 nitrogen and oxygen atoms in total. The number of para-hydroxylation sites is 2. The van der Waals surface area contributed by atoms with Gasteiger partial charge in [-0.2, -0.15) is 0 Å². The molecule has 0 unspecified atom stereocenters. The van der Waals surface area contributed by atoms with Crippen molar-refractivity contribution in [2.75, 3.05) is 20.2 Å². The van der Waals surface area contributed by atoms with E-state index < -0.39 is 0 Å². The second-order valence-electron chi connectivity index (χ2n) is 8.57. The fourth-order valence-corrected chi connectivity index (χ4v) is 4.52. The highest BCUT2D eigenvalue weighted by Gasteiger charge is 2.19. The molecule has 1 amide bonds. The molecule has 1 aliphatic heterocycles. The van der Waals surface area contributed by atoms with Crippen LogP contribution in [0.1, 0.15) is 24.1 Å². The zero-order valence-corrected chi connectivity index (χ0v) is 19.7. The van der Waals surface area contributed by atoms with Crippen molar-refractivity contribution in [3.8, 4) is 11.4 Å². The van der Waals surface area contributed by atoms with Gasteiger partial charge in [0.1, 0.15) is 11.4 Å². The van der Waals surface area contributed by atoms with Crippen LogP contribution in [0.4, 0.5) is 0 Å². The van der Waals surface area contributed by atoms with E-state index in [0.717, 1.165) is 28.9 Å². The lowest BCUT2D eigenvalue weighted by molar-refractivity contribution is -0.130. The summed E-state index contributed by atoms with van der Waals surface area (Å²) in [7, 11) is 1.61. The third-order valence-corrected chi connectivity index (χ3v) is 6.44. The van der Waals surface area contributed by atoms with Crippen LogP contribution in [0.5, 0.6) is 5.75 Å². The van der Waals surface area contributed by atoms with Crippen molar-refractivity contribution in [1.29, 1.82) is 0 Å². The SMILES string of the molecule is COc1ccc(-n2c(=O)c(CCC(=O)N3CC=C(c4ccccc4)CC3)nc3ccccc32)cc1. The minimum Gasteiger partial charge on any atom is -0.497 e. The van der Waals surface area contributed by atoms with Gasteiger partial charge in [-0.25, -0.2) is 4.98 Å². The topological polar surface area (TPSA) is 64.4 Å². The van der Waals surface area contributed by atoms with Gasteiger partial charge in [0, 0.05) is 31.6 Å². The Morgan fingerprint density at radius 3 is 2.43 bits per heavy atom. The number of benzene rings is 3. The quantitative estimate of drug-likeness (QED) is 0.416. The van der Waals surface area contributed by atoms with Crippen LogP contribution >= 0.6 is 0 Å². The lowest BCUT2D eigenvalue weighted by Crippen LogP contribution is -2.35. The van der Waals surface area contributed by atoms with Gasteiger partial charge in [0.2, 0.25) is 5.91 Å². The van der Waals surface area contributed by atoms with E-state index >= 15 is 0 Å². The molecule has 6 heteroatoms. The minimum absolute atomic E-state index is 0.0405. The van der Waals surface area contributed by atoms with Crippen molar-refractivity contribution in [1.82, 2.24) is 14.5 Å². The van der Waals surface area contributed by atoms with E-state index in [2.05, 4.69) is 23.2 Å². The summed E-state index contributed by atoms with van der Waals surface area (Å²) in [5.41, 5.74) is 4.85. The number of hydrogen-bond acceptors (Lipinski definition) is 4. The number of aryl methyl sites for hydroxylation is 1. The van der Waals surface area contributed by atoms with Crippen LogP contribution in [-0.4, -0.2) is 40.6 Å². The maximum atomic E-state index is 13.5. The van der Waals surface area contributed by atoms with E-state index in [1.165, 1.54) is 11.1 Å². The molecule has 1 aliphatic rings. The van der Waals surface area contributed by atoms with Crippen LogP contribution in [0.15, 0.2) is 89.7 Å². The Kier molecular flexibility index (Phi) is 6.44. The molecule has 35 heavy (non-hydrogen) atoms. The molecule has 0 atom stereocenters. The molecule has 2 heterocycles. The maximum absolute atomic E-state index is 13.5. The van der Waals surface area contributed by atoms with E-state index in [-0.39, 0.29) is 17.9 Å². The molecular formula is C29H27N3O3. The van der Waals surface area contributed by atoms with Gasteiger partial charge >= 0.3 is 0 Å². The predicted molar refractivity (Wildman–Crippen MR) is 138 cm³/mol. The van der Waals surface area contributed by atoms with Gasteiger partial charge < -0.3 is 9.64 Å². The summed E-state index contributed by atoms with van der Waals surface area (Å²) in [6.07, 6.45) is 3.50. The first-order valence-corrected chi connectivity index (χ1v) is 11.8. The Balaban J connectivity index is 1.36. The van der Waals surface area contributed by atoms with Crippen molar-refractivity contribution in [3.63, 3.8) is 0 Å². The molecule has 0 saturated heterocycles. The van der Waals surface area contributed by atoms with Crippen LogP contribution in [0.2, 0.25) is 0 Å². The summed E-state index contributed by atoms with van der Waals surface area (Å²) in [6.45, 7) is 1.27. The van der Waals surface area contributed by atoms with Crippen LogP contribution in [0, 0.1) is 0 Å². The van der Waals surface area contributed by atoms with Gasteiger partial charge in [0.05, 0.1) is 18.1 Å². The number of fused-ring (bicyclic) bond motifs is 1. The first kappa shape index (κ1) is 22.6. The molecule has 0 aliphatic carbocycles. The molecule has 0 saturated carbocycles. The monoisotopic (exact) mass is 465 g/mol. The first-order chi connectivity index (χ1) is 17.1. The molecular weight excluding hydrogens is 438 g/mol. The summed E-state index contributed by atoms with van der Waals surface area (Å²) in [6, 6.07) is 25.2. The highest BCUT2D eigenvalue weighted by Crippen LogP contribution is 2.23. The van der Waals surface area contributed by atoms with Crippen molar-refractivity contribution in [2.45, 2.75) is 19.3 Å². The normalized spacial score (nSPS) is 13.5. The average molecular weight is 466 g/mol. The zero-order valence-electron chi connectivity index (χ0n) is 19.7. The van der Waals surface area contributed by atoms with Crippen molar-refractivity contribution >= 4 is 22.5 Å². The van der Waals surface area contributed by atoms with Crippen molar-refractivity contribution < 1.29 is 9.53 Å². The highest BCUT2D eigenvalue weighted by atomic mass is 16.5. The molecule has 0 radical (unpaired) electrons. The second kappa shape index (κ2) is 9.97. The van der Waals surface area contributed by atoms with E-state index in [4.69, 9.17) is 4.74 Å². The Morgan fingerprint density at radius 2 is 1.71 bits per heavy atom. The number of ether oxygens (including phenoxy) is 1. The van der Waals surface area contributed by atoms with Crippen molar-refractivity contribution in [2.24, 2.45) is 0 Å². The minimum atomic E-state index is -0.202. The smallest absolute Gasteiger partial charge is 0.277 e. The summed E-state index contributed by atoms with van der Waals surface area (Å²) in [4.78, 5) is 32.9. The molecule has 176 valence electrons. The number of hydrogen-bond donors (Lipinski definition) is 0. The van der Waals surface area contributed by atoms with E-state index in [1.54, 1.807) is 11.7 Å². The van der Waals surface area contributed by atoms with Crippen molar-refractivity contribution in [3.05, 3.63) is 107 Å². The van der Waals surface area contributed by atoms with Gasteiger partial charge in [0.25, 0.3) is 5.56 Å². The van der Waals surface area contributed by atoms with Crippen LogP contribution in [0.25, 0.3) is 22.3 Å². The van der Waals surface area contributed by atoms with E-state index in [0.29, 0.717) is 25.2 Å². The summed E-state index contributed by atoms with van der Waals surface area (Å²) >= 11 is 0. The third-order valence-electron chi connectivity index (χ3n) is 6.44. The molecule has 0 bridgehead atoms. The molecule has 5 rings (SSSR count). The standard InChI is InChI=1S/C29H27N3O3/c1-35-24-13-11-23(12-14-24)32-27-10-6-5-9-25(27)30-26(29(32)34)15-16-28(33)31-19-17-22(18-20-31)21-7-3-2-4-8-21/h2-14,17H,15-16,18-20H2,1H3. The third kappa shape index (κ3) is 4.73. The number of rotatable bonds is 6. The fraction of sp³-hybridized carbons (Fsp3) is 0.207. The van der Waals surface area contributed by atoms with Gasteiger partial charge in [0.15, 0.2) is 0 Å². The number of aromatic nitrogens is 2. The number of amides is 1. The average Bonchev–Trinajstić information content (AvgIpc) is 2.92. The summed E-state index contributed by atoms with van der Waals surface area (Å²) in [5.74, 6) is 0.760. The first-order valence-electron chi connectivity index (χ1n) is 11.8. The summed E-state index contributed by atoms with van der Waals surface area (Å²) in [5, 5.41) is 0. The zero-order chi connectivity index (χ0) is 24.2. The lowest BCUT2D eigenvalue weighted by Gasteiger charge is -2.26. The van der Waals surface area contributed by atoms with Gasteiger partial charge in [-0.05, 0) is 54.0 Å². The molecule has 4 aromatic rings. The lowest BCUT2D eigenvalue weighted by atomic mass is 9.99.